The van der Waals surface area contributed by atoms with Gasteiger partial charge in [0.2, 0.25) is 0 Å². The Morgan fingerprint density at radius 3 is 2.27 bits per heavy atom. The monoisotopic (exact) mass is 252 g/mol. The van der Waals surface area contributed by atoms with E-state index in [-0.39, 0.29) is 0 Å². The summed E-state index contributed by atoms with van der Waals surface area (Å²) in [5.74, 6) is 0. The Morgan fingerprint density at radius 2 is 1.80 bits per heavy atom. The highest BCUT2D eigenvalue weighted by atomic mass is 35.7. The van der Waals surface area contributed by atoms with Crippen molar-refractivity contribution in [3.63, 3.8) is 0 Å². The molecule has 0 amide bonds. The summed E-state index contributed by atoms with van der Waals surface area (Å²) in [7, 11) is -6.43. The minimum Gasteiger partial charge on any atom is -0.182 e. The highest BCUT2D eigenvalue weighted by molar-refractivity contribution is 8.28. The Kier molecular flexibility index (Phi) is 3.65. The molecule has 0 aliphatic heterocycles. The van der Waals surface area contributed by atoms with Crippen LogP contribution in [0.4, 0.5) is 0 Å². The molecule has 0 bridgehead atoms. The summed E-state index contributed by atoms with van der Waals surface area (Å²) >= 11 is 0. The third-order valence-corrected chi connectivity index (χ3v) is 5.06. The van der Waals surface area contributed by atoms with Crippen molar-refractivity contribution >= 4 is 10.3 Å². The zero-order chi connectivity index (χ0) is 11.7. The van der Waals surface area contributed by atoms with Crippen LogP contribution in [-0.4, -0.2) is 12.5 Å². The predicted molar refractivity (Wildman–Crippen MR) is 50.0 cm³/mol. The largest absolute Gasteiger partial charge is 0.182 e. The van der Waals surface area contributed by atoms with Gasteiger partial charge < -0.3 is 0 Å². The molecule has 0 saturated heterocycles. The summed E-state index contributed by atoms with van der Waals surface area (Å²) in [6.45, 7) is 1.89. The second-order valence-electron chi connectivity index (χ2n) is 3.49. The standard InChI is InChI=1S/C9H13ClO4S/c1-8-5-4-6-9(7-8)15(2,3)14-10(11,12)13/h4-7H,1-3H3. The van der Waals surface area contributed by atoms with Gasteiger partial charge >= 0.3 is 0 Å². The van der Waals surface area contributed by atoms with Crippen molar-refractivity contribution in [1.82, 2.24) is 0 Å². The van der Waals surface area contributed by atoms with E-state index in [9.17, 15) is 14.0 Å². The molecule has 6 heteroatoms. The summed E-state index contributed by atoms with van der Waals surface area (Å²) in [6.07, 6.45) is 3.23. The molecule has 86 valence electrons. The zero-order valence-electron chi connectivity index (χ0n) is 8.73. The highest BCUT2D eigenvalue weighted by Crippen LogP contribution is 2.51. The Morgan fingerprint density at radius 1 is 1.20 bits per heavy atom. The van der Waals surface area contributed by atoms with Gasteiger partial charge in [0.1, 0.15) is 3.74 Å². The van der Waals surface area contributed by atoms with Gasteiger partial charge in [0.15, 0.2) is 0 Å². The van der Waals surface area contributed by atoms with Crippen molar-refractivity contribution in [2.45, 2.75) is 11.8 Å². The Bertz CT molecular complexity index is 348. The second kappa shape index (κ2) is 4.29. The number of rotatable bonds is 3. The normalized spacial score (nSPS) is 14.0. The fraction of sp³-hybridized carbons (Fsp3) is 0.333. The number of hydrogen-bond donors (Lipinski definition) is 0. The third-order valence-electron chi connectivity index (χ3n) is 1.79. The topological polar surface area (TPSA) is 78.4 Å². The molecule has 1 rings (SSSR count). The van der Waals surface area contributed by atoms with E-state index in [0.717, 1.165) is 10.5 Å². The van der Waals surface area contributed by atoms with E-state index in [1.807, 2.05) is 19.1 Å². The lowest BCUT2D eigenvalue weighted by molar-refractivity contribution is -1.91. The van der Waals surface area contributed by atoms with E-state index >= 15 is 0 Å². The molecular weight excluding hydrogens is 240 g/mol. The van der Waals surface area contributed by atoms with E-state index < -0.39 is 20.6 Å². The summed E-state index contributed by atoms with van der Waals surface area (Å²) in [6, 6.07) is 7.26. The fourth-order valence-electron chi connectivity index (χ4n) is 1.15. The summed E-state index contributed by atoms with van der Waals surface area (Å²) < 4.78 is 36.1. The Hall–Kier alpha value is -0.300. The first-order chi connectivity index (χ1) is 6.71. The molecule has 0 aliphatic rings. The van der Waals surface area contributed by atoms with Crippen LogP contribution in [0, 0.1) is 17.2 Å². The maximum atomic E-state index is 10.5. The number of aryl methyl sites for hydroxylation is 1. The first kappa shape index (κ1) is 12.8. The molecule has 4 nitrogen and oxygen atoms in total. The lowest BCUT2D eigenvalue weighted by Crippen LogP contribution is -2.61. The molecule has 0 radical (unpaired) electrons. The van der Waals surface area contributed by atoms with Gasteiger partial charge in [0.25, 0.3) is 0 Å². The molecule has 0 aromatic heterocycles. The minimum atomic E-state index is -4.38. The first-order valence-corrected chi connectivity index (χ1v) is 7.73. The van der Waals surface area contributed by atoms with Crippen LogP contribution in [0.15, 0.2) is 29.2 Å². The van der Waals surface area contributed by atoms with E-state index in [1.165, 1.54) is 0 Å². The van der Waals surface area contributed by atoms with Crippen LogP contribution in [0.2, 0.25) is 0 Å². The van der Waals surface area contributed by atoms with E-state index in [0.29, 0.717) is 0 Å². The number of hydrogen-bond acceptors (Lipinski definition) is 4. The molecule has 0 unspecified atom stereocenters. The molecule has 0 N–H and O–H groups in total. The first-order valence-electron chi connectivity index (χ1n) is 4.13. The summed E-state index contributed by atoms with van der Waals surface area (Å²) in [4.78, 5) is 0.731. The smallest absolute Gasteiger partial charge is 0.125 e. The number of benzene rings is 1. The van der Waals surface area contributed by atoms with Crippen molar-refractivity contribution in [2.75, 3.05) is 12.5 Å². The summed E-state index contributed by atoms with van der Waals surface area (Å²) in [5, 5.41) is 0. The van der Waals surface area contributed by atoms with Gasteiger partial charge in [-0.05, 0) is 24.6 Å². The van der Waals surface area contributed by atoms with Gasteiger partial charge in [-0.25, -0.2) is 0 Å². The van der Waals surface area contributed by atoms with Crippen LogP contribution >= 0.6 is 10.3 Å². The predicted octanol–water partition coefficient (Wildman–Crippen LogP) is -0.753. The highest BCUT2D eigenvalue weighted by Gasteiger charge is 2.33. The van der Waals surface area contributed by atoms with Crippen molar-refractivity contribution in [2.24, 2.45) is 0 Å². The van der Waals surface area contributed by atoms with Crippen LogP contribution in [0.3, 0.4) is 0 Å². The lowest BCUT2D eigenvalue weighted by atomic mass is 10.2. The van der Waals surface area contributed by atoms with Crippen LogP contribution in [0.1, 0.15) is 5.56 Å². The molecule has 0 fully saturated rings. The molecule has 0 spiro atoms. The Balaban J connectivity index is 2.95. The average Bonchev–Trinajstić information content (AvgIpc) is 1.99. The SMILES string of the molecule is Cc1cccc(S(C)(C)O[Cl+3]([O-])([O-])[O-])c1. The molecule has 0 atom stereocenters. The van der Waals surface area contributed by atoms with Gasteiger partial charge in [-0.2, -0.15) is 14.0 Å². The minimum absolute atomic E-state index is 0.731. The van der Waals surface area contributed by atoms with Gasteiger partial charge in [0.05, 0.1) is 10.2 Å². The van der Waals surface area contributed by atoms with Gasteiger partial charge in [-0.15, -0.1) is 0 Å². The molecule has 1 aromatic carbocycles. The van der Waals surface area contributed by atoms with Crippen LogP contribution < -0.4 is 14.0 Å². The number of halogens is 1. The van der Waals surface area contributed by atoms with Crippen molar-refractivity contribution in [3.8, 4) is 0 Å². The maximum Gasteiger partial charge on any atom is 0.125 e. The molecular formula is C9H13ClO4S. The summed E-state index contributed by atoms with van der Waals surface area (Å²) in [5.41, 5.74) is 0.997. The van der Waals surface area contributed by atoms with Crippen LogP contribution in [-0.2, 0) is 3.74 Å². The second-order valence-corrected chi connectivity index (χ2v) is 7.69. The fourth-order valence-corrected chi connectivity index (χ4v) is 3.86. The van der Waals surface area contributed by atoms with Crippen molar-refractivity contribution < 1.29 is 28.0 Å². The van der Waals surface area contributed by atoms with E-state index in [2.05, 4.69) is 3.74 Å². The average molecular weight is 253 g/mol. The van der Waals surface area contributed by atoms with Crippen LogP contribution in [0.25, 0.3) is 0 Å². The van der Waals surface area contributed by atoms with Gasteiger partial charge in [0, 0.05) is 27.7 Å². The van der Waals surface area contributed by atoms with Gasteiger partial charge in [-0.3, -0.25) is 0 Å². The van der Waals surface area contributed by atoms with E-state index in [1.54, 1.807) is 24.6 Å². The zero-order valence-corrected chi connectivity index (χ0v) is 10.3. The van der Waals surface area contributed by atoms with E-state index in [4.69, 9.17) is 0 Å². The van der Waals surface area contributed by atoms with Crippen molar-refractivity contribution in [1.29, 1.82) is 0 Å². The van der Waals surface area contributed by atoms with Gasteiger partial charge in [-0.1, -0.05) is 12.1 Å². The molecule has 0 saturated carbocycles. The molecule has 0 heterocycles. The lowest BCUT2D eigenvalue weighted by Gasteiger charge is -2.26. The Labute approximate surface area is 92.8 Å². The molecule has 1 aromatic rings. The molecule has 0 aliphatic carbocycles. The molecule has 15 heavy (non-hydrogen) atoms. The van der Waals surface area contributed by atoms with Crippen molar-refractivity contribution in [3.05, 3.63) is 29.8 Å². The third kappa shape index (κ3) is 3.98. The van der Waals surface area contributed by atoms with Crippen LogP contribution in [0.5, 0.6) is 0 Å². The maximum absolute atomic E-state index is 10.5. The quantitative estimate of drug-likeness (QED) is 0.709.